The van der Waals surface area contributed by atoms with Gasteiger partial charge in [0.05, 0.1) is 12.7 Å². The first-order valence-electron chi connectivity index (χ1n) is 8.45. The molecule has 0 aliphatic rings. The zero-order valence-electron chi connectivity index (χ0n) is 13.4. The summed E-state index contributed by atoms with van der Waals surface area (Å²) in [7, 11) is 0. The Kier molecular flexibility index (Phi) is 10.3. The summed E-state index contributed by atoms with van der Waals surface area (Å²) in [5.74, 6) is 1.69. The van der Waals surface area contributed by atoms with E-state index in [0.29, 0.717) is 0 Å². The van der Waals surface area contributed by atoms with Crippen LogP contribution in [0.4, 0.5) is 0 Å². The normalized spacial score (nSPS) is 11.1. The molecule has 0 unspecified atom stereocenters. The standard InChI is InChI=1S/C17H32N2O/c1-3-4-5-6-7-8-9-10-11-12-13-18-15-17-19-14-16(2)20-17/h14,18H,3-13,15H2,1-2H3. The molecule has 0 spiro atoms. The van der Waals surface area contributed by atoms with Crippen LogP contribution in [0.15, 0.2) is 10.6 Å². The smallest absolute Gasteiger partial charge is 0.208 e. The summed E-state index contributed by atoms with van der Waals surface area (Å²) in [5.41, 5.74) is 0. The van der Waals surface area contributed by atoms with Crippen LogP contribution in [0.2, 0.25) is 0 Å². The minimum Gasteiger partial charge on any atom is -0.445 e. The molecule has 0 saturated heterocycles. The van der Waals surface area contributed by atoms with Crippen LogP contribution in [0.3, 0.4) is 0 Å². The zero-order valence-corrected chi connectivity index (χ0v) is 13.4. The van der Waals surface area contributed by atoms with Gasteiger partial charge in [-0.1, -0.05) is 64.7 Å². The molecular weight excluding hydrogens is 248 g/mol. The van der Waals surface area contributed by atoms with E-state index in [1.54, 1.807) is 6.20 Å². The minimum atomic E-state index is 0.755. The lowest BCUT2D eigenvalue weighted by molar-refractivity contribution is 0.445. The molecule has 1 N–H and O–H groups in total. The van der Waals surface area contributed by atoms with Crippen LogP contribution in [0.25, 0.3) is 0 Å². The van der Waals surface area contributed by atoms with Crippen molar-refractivity contribution >= 4 is 0 Å². The lowest BCUT2D eigenvalue weighted by atomic mass is 10.1. The van der Waals surface area contributed by atoms with Gasteiger partial charge in [-0.2, -0.15) is 0 Å². The summed E-state index contributed by atoms with van der Waals surface area (Å²) < 4.78 is 5.41. The fraction of sp³-hybridized carbons (Fsp3) is 0.824. The molecule has 1 heterocycles. The monoisotopic (exact) mass is 280 g/mol. The molecule has 1 aromatic rings. The molecule has 0 aromatic carbocycles. The molecular formula is C17H32N2O. The average Bonchev–Trinajstić information content (AvgIpc) is 2.86. The van der Waals surface area contributed by atoms with Crippen LogP contribution in [-0.2, 0) is 6.54 Å². The summed E-state index contributed by atoms with van der Waals surface area (Å²) in [6, 6.07) is 0. The van der Waals surface area contributed by atoms with E-state index in [9.17, 15) is 0 Å². The van der Waals surface area contributed by atoms with E-state index < -0.39 is 0 Å². The Morgan fingerprint density at radius 3 is 2.10 bits per heavy atom. The van der Waals surface area contributed by atoms with Crippen LogP contribution in [0, 0.1) is 6.92 Å². The van der Waals surface area contributed by atoms with Gasteiger partial charge in [0.2, 0.25) is 5.89 Å². The van der Waals surface area contributed by atoms with Gasteiger partial charge in [0.25, 0.3) is 0 Å². The Hall–Kier alpha value is -0.830. The number of nitrogens with one attached hydrogen (secondary N) is 1. The van der Waals surface area contributed by atoms with Gasteiger partial charge in [-0.15, -0.1) is 0 Å². The highest BCUT2D eigenvalue weighted by atomic mass is 16.4. The van der Waals surface area contributed by atoms with Crippen molar-refractivity contribution in [3.63, 3.8) is 0 Å². The van der Waals surface area contributed by atoms with E-state index in [2.05, 4.69) is 17.2 Å². The van der Waals surface area contributed by atoms with E-state index in [0.717, 1.165) is 24.7 Å². The van der Waals surface area contributed by atoms with Crippen LogP contribution in [-0.4, -0.2) is 11.5 Å². The molecule has 0 aliphatic heterocycles. The summed E-state index contributed by atoms with van der Waals surface area (Å²) in [6.07, 6.45) is 15.6. The van der Waals surface area contributed by atoms with E-state index in [4.69, 9.17) is 4.42 Å². The highest BCUT2D eigenvalue weighted by molar-refractivity contribution is 4.90. The second-order valence-corrected chi connectivity index (χ2v) is 5.72. The molecule has 0 radical (unpaired) electrons. The molecule has 3 nitrogen and oxygen atoms in total. The van der Waals surface area contributed by atoms with Gasteiger partial charge in [0.15, 0.2) is 0 Å². The van der Waals surface area contributed by atoms with Gasteiger partial charge in [-0.3, -0.25) is 0 Å². The predicted molar refractivity (Wildman–Crippen MR) is 84.8 cm³/mol. The Balaban J connectivity index is 1.76. The van der Waals surface area contributed by atoms with Crippen molar-refractivity contribution in [1.29, 1.82) is 0 Å². The van der Waals surface area contributed by atoms with Crippen molar-refractivity contribution in [2.75, 3.05) is 6.54 Å². The largest absolute Gasteiger partial charge is 0.445 e. The number of unbranched alkanes of at least 4 members (excludes halogenated alkanes) is 9. The lowest BCUT2D eigenvalue weighted by Crippen LogP contribution is -2.14. The molecule has 0 amide bonds. The second kappa shape index (κ2) is 12.0. The first-order valence-corrected chi connectivity index (χ1v) is 8.45. The quantitative estimate of drug-likeness (QED) is 0.517. The van der Waals surface area contributed by atoms with E-state index in [1.165, 1.54) is 64.2 Å². The highest BCUT2D eigenvalue weighted by Crippen LogP contribution is 2.10. The average molecular weight is 280 g/mol. The molecule has 20 heavy (non-hydrogen) atoms. The van der Waals surface area contributed by atoms with Crippen LogP contribution >= 0.6 is 0 Å². The molecule has 0 aliphatic carbocycles. The molecule has 1 aromatic heterocycles. The van der Waals surface area contributed by atoms with Crippen molar-refractivity contribution in [3.8, 4) is 0 Å². The van der Waals surface area contributed by atoms with E-state index >= 15 is 0 Å². The number of oxazole rings is 1. The third-order valence-electron chi connectivity index (χ3n) is 3.65. The third-order valence-corrected chi connectivity index (χ3v) is 3.65. The Morgan fingerprint density at radius 2 is 1.55 bits per heavy atom. The number of hydrogen-bond acceptors (Lipinski definition) is 3. The number of rotatable bonds is 13. The number of aryl methyl sites for hydroxylation is 1. The topological polar surface area (TPSA) is 38.1 Å². The highest BCUT2D eigenvalue weighted by Gasteiger charge is 1.98. The van der Waals surface area contributed by atoms with Crippen LogP contribution < -0.4 is 5.32 Å². The van der Waals surface area contributed by atoms with Crippen LogP contribution in [0.5, 0.6) is 0 Å². The van der Waals surface area contributed by atoms with Crippen LogP contribution in [0.1, 0.15) is 82.8 Å². The van der Waals surface area contributed by atoms with Gasteiger partial charge in [-0.05, 0) is 19.9 Å². The van der Waals surface area contributed by atoms with Gasteiger partial charge in [0, 0.05) is 0 Å². The second-order valence-electron chi connectivity index (χ2n) is 5.72. The van der Waals surface area contributed by atoms with Crippen molar-refractivity contribution < 1.29 is 4.42 Å². The number of hydrogen-bond donors (Lipinski definition) is 1. The number of nitrogens with zero attached hydrogens (tertiary/aromatic N) is 1. The Bertz CT molecular complexity index is 323. The van der Waals surface area contributed by atoms with Crippen molar-refractivity contribution in [1.82, 2.24) is 10.3 Å². The van der Waals surface area contributed by atoms with Gasteiger partial charge < -0.3 is 9.73 Å². The molecule has 0 saturated carbocycles. The SMILES string of the molecule is CCCCCCCCCCCCNCc1ncc(C)o1. The molecule has 0 fully saturated rings. The Morgan fingerprint density at radius 1 is 0.950 bits per heavy atom. The van der Waals surface area contributed by atoms with E-state index in [-0.39, 0.29) is 0 Å². The first kappa shape index (κ1) is 17.2. The maximum atomic E-state index is 5.41. The lowest BCUT2D eigenvalue weighted by Gasteiger charge is -2.03. The summed E-state index contributed by atoms with van der Waals surface area (Å²) >= 11 is 0. The third kappa shape index (κ3) is 9.13. The fourth-order valence-corrected chi connectivity index (χ4v) is 2.42. The maximum absolute atomic E-state index is 5.41. The maximum Gasteiger partial charge on any atom is 0.208 e. The fourth-order valence-electron chi connectivity index (χ4n) is 2.42. The first-order chi connectivity index (χ1) is 9.83. The van der Waals surface area contributed by atoms with Crippen molar-refractivity contribution in [2.24, 2.45) is 0 Å². The zero-order chi connectivity index (χ0) is 14.5. The van der Waals surface area contributed by atoms with E-state index in [1.807, 2.05) is 6.92 Å². The summed E-state index contributed by atoms with van der Waals surface area (Å²) in [6.45, 7) is 6.03. The minimum absolute atomic E-state index is 0.755. The summed E-state index contributed by atoms with van der Waals surface area (Å²) in [5, 5.41) is 3.38. The van der Waals surface area contributed by atoms with Gasteiger partial charge >= 0.3 is 0 Å². The molecule has 3 heteroatoms. The van der Waals surface area contributed by atoms with Crippen molar-refractivity contribution in [3.05, 3.63) is 17.8 Å². The molecule has 0 atom stereocenters. The molecule has 0 bridgehead atoms. The summed E-state index contributed by atoms with van der Waals surface area (Å²) in [4.78, 5) is 4.18. The Labute approximate surface area is 124 Å². The predicted octanol–water partition coefficient (Wildman–Crippen LogP) is 4.99. The van der Waals surface area contributed by atoms with Gasteiger partial charge in [0.1, 0.15) is 5.76 Å². The van der Waals surface area contributed by atoms with Crippen molar-refractivity contribution in [2.45, 2.75) is 84.6 Å². The molecule has 116 valence electrons. The molecule has 1 rings (SSSR count). The van der Waals surface area contributed by atoms with Gasteiger partial charge in [-0.25, -0.2) is 4.98 Å². The number of aromatic nitrogens is 1.